The van der Waals surface area contributed by atoms with Crippen LogP contribution in [-0.4, -0.2) is 31.4 Å². The molecule has 0 aromatic heterocycles. The van der Waals surface area contributed by atoms with Crippen molar-refractivity contribution >= 4 is 12.1 Å². The third-order valence-electron chi connectivity index (χ3n) is 3.52. The molecule has 0 saturated carbocycles. The molecule has 2 N–H and O–H groups in total. The van der Waals surface area contributed by atoms with Gasteiger partial charge in [-0.1, -0.05) is 18.2 Å². The molecule has 0 aliphatic heterocycles. The third-order valence-corrected chi connectivity index (χ3v) is 3.52. The average molecular weight is 382 g/mol. The molecule has 0 unspecified atom stereocenters. The smallest absolute Gasteiger partial charge is 0.416 e. The van der Waals surface area contributed by atoms with Crippen LogP contribution in [0, 0.1) is 0 Å². The fourth-order valence-corrected chi connectivity index (χ4v) is 2.25. The van der Waals surface area contributed by atoms with E-state index in [1.165, 1.54) is 44.7 Å². The number of carbonyl (C=O) groups excluding carboxylic acids is 1. The minimum atomic E-state index is -4.47. The minimum Gasteiger partial charge on any atom is -0.502 e. The second kappa shape index (κ2) is 8.43. The Morgan fingerprint density at radius 1 is 1.19 bits per heavy atom. The van der Waals surface area contributed by atoms with E-state index in [0.29, 0.717) is 5.56 Å². The third kappa shape index (κ3) is 5.37. The van der Waals surface area contributed by atoms with E-state index in [2.05, 4.69) is 10.5 Å². The molecular formula is C18H17F3N2O4. The molecule has 0 aliphatic rings. The molecule has 0 saturated heterocycles. The monoisotopic (exact) mass is 382 g/mol. The highest BCUT2D eigenvalue weighted by Crippen LogP contribution is 2.36. The van der Waals surface area contributed by atoms with Gasteiger partial charge in [-0.25, -0.2) is 5.43 Å². The lowest BCUT2D eigenvalue weighted by Gasteiger charge is -2.09. The van der Waals surface area contributed by atoms with Crippen LogP contribution in [-0.2, 0) is 17.4 Å². The van der Waals surface area contributed by atoms with Crippen LogP contribution in [0.3, 0.4) is 0 Å². The van der Waals surface area contributed by atoms with E-state index in [9.17, 15) is 23.1 Å². The zero-order valence-electron chi connectivity index (χ0n) is 14.5. The van der Waals surface area contributed by atoms with Crippen molar-refractivity contribution in [2.75, 3.05) is 14.2 Å². The summed E-state index contributed by atoms with van der Waals surface area (Å²) in [4.78, 5) is 11.9. The van der Waals surface area contributed by atoms with E-state index in [1.54, 1.807) is 0 Å². The predicted molar refractivity (Wildman–Crippen MR) is 92.1 cm³/mol. The van der Waals surface area contributed by atoms with E-state index in [-0.39, 0.29) is 29.2 Å². The Hall–Kier alpha value is -3.23. The summed E-state index contributed by atoms with van der Waals surface area (Å²) in [6, 6.07) is 7.46. The second-order valence-corrected chi connectivity index (χ2v) is 5.44. The van der Waals surface area contributed by atoms with Crippen LogP contribution in [0.5, 0.6) is 17.2 Å². The molecule has 0 heterocycles. The highest BCUT2D eigenvalue weighted by atomic mass is 19.4. The molecule has 9 heteroatoms. The molecule has 0 radical (unpaired) electrons. The van der Waals surface area contributed by atoms with Crippen molar-refractivity contribution < 1.29 is 32.5 Å². The number of halogens is 3. The van der Waals surface area contributed by atoms with Crippen molar-refractivity contribution in [3.05, 3.63) is 53.1 Å². The minimum absolute atomic E-state index is 0.158. The lowest BCUT2D eigenvalue weighted by molar-refractivity contribution is -0.137. The molecule has 6 nitrogen and oxygen atoms in total. The Morgan fingerprint density at radius 3 is 2.37 bits per heavy atom. The normalized spacial score (nSPS) is 11.4. The Labute approximate surface area is 153 Å². The van der Waals surface area contributed by atoms with Gasteiger partial charge < -0.3 is 14.6 Å². The summed E-state index contributed by atoms with van der Waals surface area (Å²) in [5.41, 5.74) is 2.10. The van der Waals surface area contributed by atoms with Crippen molar-refractivity contribution in [3.63, 3.8) is 0 Å². The highest BCUT2D eigenvalue weighted by molar-refractivity contribution is 5.84. The van der Waals surface area contributed by atoms with Gasteiger partial charge in [0.15, 0.2) is 11.5 Å². The van der Waals surface area contributed by atoms with E-state index in [0.717, 1.165) is 12.1 Å². The van der Waals surface area contributed by atoms with Gasteiger partial charge in [0.1, 0.15) is 0 Å². The van der Waals surface area contributed by atoms with Crippen molar-refractivity contribution in [1.82, 2.24) is 5.43 Å². The number of nitrogens with one attached hydrogen (secondary N) is 1. The maximum atomic E-state index is 12.7. The van der Waals surface area contributed by atoms with Crippen molar-refractivity contribution in [2.45, 2.75) is 12.6 Å². The van der Waals surface area contributed by atoms with E-state index >= 15 is 0 Å². The SMILES string of the molecule is COc1cc(/C=N/NC(=O)Cc2cccc(C(F)(F)F)c2)cc(OC)c1O. The zero-order valence-corrected chi connectivity index (χ0v) is 14.5. The van der Waals surface area contributed by atoms with Crippen LogP contribution < -0.4 is 14.9 Å². The summed E-state index contributed by atoms with van der Waals surface area (Å²) in [5.74, 6) is -0.439. The molecule has 144 valence electrons. The van der Waals surface area contributed by atoms with Gasteiger partial charge in [0, 0.05) is 5.56 Å². The summed E-state index contributed by atoms with van der Waals surface area (Å²) in [6.07, 6.45) is -3.44. The molecule has 1 amide bonds. The van der Waals surface area contributed by atoms with Gasteiger partial charge >= 0.3 is 6.18 Å². The lowest BCUT2D eigenvalue weighted by Crippen LogP contribution is -2.20. The largest absolute Gasteiger partial charge is 0.502 e. The van der Waals surface area contributed by atoms with Gasteiger partial charge in [-0.05, 0) is 23.8 Å². The number of rotatable bonds is 6. The van der Waals surface area contributed by atoms with Crippen molar-refractivity contribution in [2.24, 2.45) is 5.10 Å². The van der Waals surface area contributed by atoms with E-state index in [4.69, 9.17) is 9.47 Å². The van der Waals surface area contributed by atoms with Crippen LogP contribution in [0.1, 0.15) is 16.7 Å². The first-order chi connectivity index (χ1) is 12.7. The van der Waals surface area contributed by atoms with Crippen LogP contribution in [0.2, 0.25) is 0 Å². The summed E-state index contributed by atoms with van der Waals surface area (Å²) in [7, 11) is 2.73. The molecule has 2 aromatic rings. The predicted octanol–water partition coefficient (Wildman–Crippen LogP) is 3.12. The number of aromatic hydroxyl groups is 1. The van der Waals surface area contributed by atoms with Gasteiger partial charge in [0.25, 0.3) is 0 Å². The average Bonchev–Trinajstić information content (AvgIpc) is 2.62. The van der Waals surface area contributed by atoms with E-state index < -0.39 is 17.6 Å². The topological polar surface area (TPSA) is 80.2 Å². The summed E-state index contributed by atoms with van der Waals surface area (Å²) >= 11 is 0. The Bertz CT molecular complexity index is 826. The number of carbonyl (C=O) groups is 1. The molecule has 0 bridgehead atoms. The van der Waals surface area contributed by atoms with Gasteiger partial charge in [-0.2, -0.15) is 18.3 Å². The number of amides is 1. The number of nitrogens with zero attached hydrogens (tertiary/aromatic N) is 1. The van der Waals surface area contributed by atoms with E-state index in [1.807, 2.05) is 0 Å². The molecule has 2 rings (SSSR count). The molecule has 0 aliphatic carbocycles. The first-order valence-electron chi connectivity index (χ1n) is 7.67. The number of phenols is 1. The molecule has 27 heavy (non-hydrogen) atoms. The maximum Gasteiger partial charge on any atom is 0.416 e. The summed E-state index contributed by atoms with van der Waals surface area (Å²) < 4.78 is 48.1. The molecule has 0 spiro atoms. The Balaban J connectivity index is 2.04. The standard InChI is InChI=1S/C18H17F3N2O4/c1-26-14-7-12(8-15(27-2)17(14)25)10-22-23-16(24)9-11-4-3-5-13(6-11)18(19,20)21/h3-8,10,25H,9H2,1-2H3,(H,23,24)/b22-10+. The molecule has 2 aromatic carbocycles. The Kier molecular flexibility index (Phi) is 6.27. The zero-order chi connectivity index (χ0) is 20.0. The second-order valence-electron chi connectivity index (χ2n) is 5.44. The highest BCUT2D eigenvalue weighted by Gasteiger charge is 2.30. The van der Waals surface area contributed by atoms with Crippen molar-refractivity contribution in [1.29, 1.82) is 0 Å². The number of phenolic OH excluding ortho intramolecular Hbond substituents is 1. The number of ether oxygens (including phenoxy) is 2. The fourth-order valence-electron chi connectivity index (χ4n) is 2.25. The van der Waals surface area contributed by atoms with Crippen LogP contribution in [0.25, 0.3) is 0 Å². The number of methoxy groups -OCH3 is 2. The van der Waals surface area contributed by atoms with Gasteiger partial charge in [-0.15, -0.1) is 0 Å². The number of alkyl halides is 3. The molecule has 0 atom stereocenters. The van der Waals surface area contributed by atoms with Gasteiger partial charge in [-0.3, -0.25) is 4.79 Å². The maximum absolute atomic E-state index is 12.7. The van der Waals surface area contributed by atoms with Gasteiger partial charge in [0.2, 0.25) is 11.7 Å². The molecular weight excluding hydrogens is 365 g/mol. The summed E-state index contributed by atoms with van der Waals surface area (Å²) in [5, 5.41) is 13.6. The quantitative estimate of drug-likeness (QED) is 0.594. The fraction of sp³-hybridized carbons (Fsp3) is 0.222. The first-order valence-corrected chi connectivity index (χ1v) is 7.67. The number of hydrogen-bond acceptors (Lipinski definition) is 5. The van der Waals surface area contributed by atoms with Crippen LogP contribution >= 0.6 is 0 Å². The van der Waals surface area contributed by atoms with Gasteiger partial charge in [0.05, 0.1) is 32.4 Å². The number of benzene rings is 2. The molecule has 0 fully saturated rings. The van der Waals surface area contributed by atoms with Crippen LogP contribution in [0.4, 0.5) is 13.2 Å². The first kappa shape index (κ1) is 20.1. The van der Waals surface area contributed by atoms with Crippen LogP contribution in [0.15, 0.2) is 41.5 Å². The lowest BCUT2D eigenvalue weighted by atomic mass is 10.1. The Morgan fingerprint density at radius 2 is 1.81 bits per heavy atom. The van der Waals surface area contributed by atoms with Crippen molar-refractivity contribution in [3.8, 4) is 17.2 Å². The number of hydrazone groups is 1. The summed E-state index contributed by atoms with van der Waals surface area (Å²) in [6.45, 7) is 0. The number of hydrogen-bond donors (Lipinski definition) is 2.